The molecule has 0 bridgehead atoms. The molecule has 0 saturated heterocycles. The second-order valence-electron chi connectivity index (χ2n) is 0.951. The maximum atomic E-state index is 4.12. The molecule has 0 atom stereocenters. The van der Waals surface area contributed by atoms with Crippen LogP contribution in [0.3, 0.4) is 0 Å². The van der Waals surface area contributed by atoms with Crippen LogP contribution in [0.5, 0.6) is 0 Å². The van der Waals surface area contributed by atoms with E-state index in [4.69, 9.17) is 0 Å². The fraction of sp³-hybridized carbons (Fsp3) is 0. The van der Waals surface area contributed by atoms with E-state index in [1.165, 1.54) is 3.77 Å². The second-order valence-corrected chi connectivity index (χ2v) is 4.10. The van der Waals surface area contributed by atoms with Crippen molar-refractivity contribution < 1.29 is 0 Å². The molecule has 0 radical (unpaired) electrons. The molecule has 1 aromatic rings. The van der Waals surface area contributed by atoms with Gasteiger partial charge in [-0.3, -0.25) is 0 Å². The van der Waals surface area contributed by atoms with Gasteiger partial charge in [-0.05, 0) is 0 Å². The van der Waals surface area contributed by atoms with Crippen LogP contribution in [0.2, 0.25) is 0 Å². The predicted octanol–water partition coefficient (Wildman–Crippen LogP) is 1.03. The van der Waals surface area contributed by atoms with Gasteiger partial charge in [0.25, 0.3) is 0 Å². The van der Waals surface area contributed by atoms with Crippen LogP contribution in [-0.2, 0) is 0 Å². The first-order valence-electron chi connectivity index (χ1n) is 1.62. The van der Waals surface area contributed by atoms with E-state index >= 15 is 0 Å². The van der Waals surface area contributed by atoms with E-state index < -0.39 is 0 Å². The van der Waals surface area contributed by atoms with Crippen molar-refractivity contribution in [2.75, 3.05) is 0 Å². The Hall–Kier alpha value is 0.349. The molecule has 0 aliphatic rings. The van der Waals surface area contributed by atoms with Crippen molar-refractivity contribution in [1.82, 2.24) is 0 Å². The van der Waals surface area contributed by atoms with E-state index in [0.717, 1.165) is 0 Å². The first-order valence-corrected chi connectivity index (χ1v) is 3.91. The molecule has 1 aromatic heterocycles. The van der Waals surface area contributed by atoms with E-state index in [2.05, 4.69) is 17.6 Å². The van der Waals surface area contributed by atoms with E-state index in [-0.39, 0.29) is 0 Å². The molecule has 0 aliphatic carbocycles. The van der Waals surface area contributed by atoms with Crippen LogP contribution in [0.25, 0.3) is 0 Å². The van der Waals surface area contributed by atoms with E-state index in [0.29, 0.717) is 14.5 Å². The number of hydrogen-bond donors (Lipinski definition) is 1. The monoisotopic (exact) mass is 164 g/mol. The Labute approximate surface area is 48.3 Å². The summed E-state index contributed by atoms with van der Waals surface area (Å²) < 4.78 is 1.22. The SMILES string of the molecule is Sc1ccc[se]1. The van der Waals surface area contributed by atoms with Gasteiger partial charge >= 0.3 is 48.0 Å². The van der Waals surface area contributed by atoms with E-state index in [1.54, 1.807) is 0 Å². The van der Waals surface area contributed by atoms with Crippen molar-refractivity contribution in [3.8, 4) is 0 Å². The van der Waals surface area contributed by atoms with E-state index in [1.807, 2.05) is 12.1 Å². The van der Waals surface area contributed by atoms with Crippen molar-refractivity contribution in [3.63, 3.8) is 0 Å². The van der Waals surface area contributed by atoms with Crippen LogP contribution in [0.1, 0.15) is 0 Å². The van der Waals surface area contributed by atoms with Crippen molar-refractivity contribution in [2.45, 2.75) is 3.77 Å². The Balaban J connectivity index is 3.05. The molecule has 1 rings (SSSR count). The zero-order valence-corrected chi connectivity index (χ0v) is 5.70. The van der Waals surface area contributed by atoms with Gasteiger partial charge in [0.05, 0.1) is 0 Å². The van der Waals surface area contributed by atoms with Gasteiger partial charge in [0.1, 0.15) is 0 Å². The summed E-state index contributed by atoms with van der Waals surface area (Å²) in [4.78, 5) is 2.15. The maximum absolute atomic E-state index is 4.12. The quantitative estimate of drug-likeness (QED) is 0.428. The van der Waals surface area contributed by atoms with Gasteiger partial charge in [-0.15, -0.1) is 0 Å². The van der Waals surface area contributed by atoms with Crippen LogP contribution in [0.4, 0.5) is 0 Å². The first kappa shape index (κ1) is 4.51. The molecule has 0 amide bonds. The van der Waals surface area contributed by atoms with Gasteiger partial charge in [0.2, 0.25) is 0 Å². The predicted molar refractivity (Wildman–Crippen MR) is 30.6 cm³/mol. The molecule has 0 unspecified atom stereocenters. The van der Waals surface area contributed by atoms with Crippen LogP contribution >= 0.6 is 12.6 Å². The molecule has 0 aromatic carbocycles. The molecule has 0 fully saturated rings. The Bertz CT molecular complexity index is 111. The Morgan fingerprint density at radius 2 is 2.50 bits per heavy atom. The zero-order valence-electron chi connectivity index (χ0n) is 3.09. The number of hydrogen-bond acceptors (Lipinski definition) is 1. The molecule has 0 saturated carbocycles. The minimum atomic E-state index is 0.573. The van der Waals surface area contributed by atoms with Gasteiger partial charge in [-0.25, -0.2) is 0 Å². The van der Waals surface area contributed by atoms with Crippen LogP contribution in [0, 0.1) is 0 Å². The molecule has 0 aliphatic heterocycles. The van der Waals surface area contributed by atoms with Crippen molar-refractivity contribution in [3.05, 3.63) is 17.1 Å². The third-order valence-electron chi connectivity index (χ3n) is 0.506. The van der Waals surface area contributed by atoms with Crippen molar-refractivity contribution >= 4 is 27.1 Å². The first-order chi connectivity index (χ1) is 2.89. The molecule has 32 valence electrons. The summed E-state index contributed by atoms with van der Waals surface area (Å²) in [7, 11) is 0. The summed E-state index contributed by atoms with van der Waals surface area (Å²) in [6.45, 7) is 0. The van der Waals surface area contributed by atoms with Gasteiger partial charge < -0.3 is 0 Å². The molecular weight excluding hydrogens is 159 g/mol. The van der Waals surface area contributed by atoms with Crippen LogP contribution in [-0.4, -0.2) is 14.5 Å². The standard InChI is InChI=1S/C4H4SSe/c5-4-2-1-3-6-4/h1-3,5H. The summed E-state index contributed by atoms with van der Waals surface area (Å²) in [5.74, 6) is 0. The normalized spacial score (nSPS) is 8.83. The Morgan fingerprint density at radius 1 is 1.67 bits per heavy atom. The third kappa shape index (κ3) is 0.903. The number of thiol groups is 1. The summed E-state index contributed by atoms with van der Waals surface area (Å²) in [6.07, 6.45) is 0. The fourth-order valence-electron chi connectivity index (χ4n) is 0.270. The molecule has 6 heavy (non-hydrogen) atoms. The average molecular weight is 163 g/mol. The third-order valence-corrected chi connectivity index (χ3v) is 2.61. The number of rotatable bonds is 0. The molecule has 1 heterocycles. The van der Waals surface area contributed by atoms with Crippen LogP contribution in [0.15, 0.2) is 20.8 Å². The zero-order chi connectivity index (χ0) is 4.41. The Morgan fingerprint density at radius 3 is 2.67 bits per heavy atom. The Kier molecular flexibility index (Phi) is 1.41. The van der Waals surface area contributed by atoms with Crippen LogP contribution < -0.4 is 0 Å². The average Bonchev–Trinajstić information content (AvgIpc) is 1.86. The molecule has 2 heteroatoms. The molecule has 0 spiro atoms. The van der Waals surface area contributed by atoms with Gasteiger partial charge in [-0.2, -0.15) is 0 Å². The van der Waals surface area contributed by atoms with Gasteiger partial charge in [0.15, 0.2) is 0 Å². The minimum absolute atomic E-state index is 0.573. The topological polar surface area (TPSA) is 0 Å². The molecule has 0 nitrogen and oxygen atoms in total. The van der Waals surface area contributed by atoms with Gasteiger partial charge in [0, 0.05) is 0 Å². The second kappa shape index (κ2) is 1.87. The van der Waals surface area contributed by atoms with Crippen molar-refractivity contribution in [2.24, 2.45) is 0 Å². The summed E-state index contributed by atoms with van der Waals surface area (Å²) in [5, 5.41) is 0. The summed E-state index contributed by atoms with van der Waals surface area (Å²) in [6, 6.07) is 4.07. The molecular formula is C4H4SSe. The van der Waals surface area contributed by atoms with Gasteiger partial charge in [-0.1, -0.05) is 0 Å². The molecule has 0 N–H and O–H groups in total. The fourth-order valence-corrected chi connectivity index (χ4v) is 1.62. The van der Waals surface area contributed by atoms with Crippen molar-refractivity contribution in [1.29, 1.82) is 0 Å². The summed E-state index contributed by atoms with van der Waals surface area (Å²) in [5.41, 5.74) is 0. The summed E-state index contributed by atoms with van der Waals surface area (Å²) >= 11 is 4.69. The van der Waals surface area contributed by atoms with E-state index in [9.17, 15) is 0 Å².